The van der Waals surface area contributed by atoms with Crippen LogP contribution in [0.5, 0.6) is 0 Å². The van der Waals surface area contributed by atoms with Crippen molar-refractivity contribution in [1.82, 2.24) is 9.97 Å². The van der Waals surface area contributed by atoms with Gasteiger partial charge >= 0.3 is 5.95 Å². The topological polar surface area (TPSA) is 92.1 Å². The minimum atomic E-state index is -0.629. The number of hydrogen-bond donors (Lipinski definition) is 2. The van der Waals surface area contributed by atoms with Crippen LogP contribution in [0.15, 0.2) is 18.5 Å². The normalized spacial score (nSPS) is 12.4. The lowest BCUT2D eigenvalue weighted by atomic mass is 10.1. The zero-order valence-corrected chi connectivity index (χ0v) is 7.02. The first-order valence-corrected chi connectivity index (χ1v) is 3.59. The number of rotatable bonds is 3. The van der Waals surface area contributed by atoms with Crippen LogP contribution >= 0.6 is 0 Å². The summed E-state index contributed by atoms with van der Waals surface area (Å²) in [5.41, 5.74) is 0.471. The SMILES string of the molecule is C=C(O)C(C)c1cnc([N+](=O)[O-])[nH]1. The van der Waals surface area contributed by atoms with Crippen molar-refractivity contribution in [1.29, 1.82) is 0 Å². The zero-order chi connectivity index (χ0) is 10.0. The fourth-order valence-electron chi connectivity index (χ4n) is 0.817. The zero-order valence-electron chi connectivity index (χ0n) is 7.02. The Labute approximate surface area is 74.1 Å². The molecule has 0 saturated carbocycles. The number of aromatic amines is 1. The molecule has 0 fully saturated rings. The van der Waals surface area contributed by atoms with Crippen molar-refractivity contribution >= 4 is 5.95 Å². The second-order valence-corrected chi connectivity index (χ2v) is 2.63. The summed E-state index contributed by atoms with van der Waals surface area (Å²) >= 11 is 0. The highest BCUT2D eigenvalue weighted by Crippen LogP contribution is 2.20. The number of aliphatic hydroxyl groups excluding tert-OH is 1. The molecule has 1 atom stereocenters. The van der Waals surface area contributed by atoms with Gasteiger partial charge in [-0.25, -0.2) is 4.98 Å². The van der Waals surface area contributed by atoms with E-state index in [1.807, 2.05) is 0 Å². The van der Waals surface area contributed by atoms with Gasteiger partial charge in [-0.05, 0) is 11.8 Å². The van der Waals surface area contributed by atoms with Crippen LogP contribution in [-0.2, 0) is 0 Å². The first kappa shape index (κ1) is 9.24. The van der Waals surface area contributed by atoms with E-state index in [9.17, 15) is 10.1 Å². The predicted octanol–water partition coefficient (Wildman–Crippen LogP) is 1.49. The van der Waals surface area contributed by atoms with Crippen molar-refractivity contribution in [3.05, 3.63) is 34.3 Å². The Morgan fingerprint density at radius 1 is 1.92 bits per heavy atom. The van der Waals surface area contributed by atoms with Crippen LogP contribution in [0.4, 0.5) is 5.95 Å². The molecule has 0 spiro atoms. The maximum absolute atomic E-state index is 10.2. The molecule has 2 N–H and O–H groups in total. The highest BCUT2D eigenvalue weighted by Gasteiger charge is 2.17. The van der Waals surface area contributed by atoms with Crippen LogP contribution in [-0.4, -0.2) is 20.0 Å². The first-order chi connectivity index (χ1) is 6.02. The van der Waals surface area contributed by atoms with Crippen LogP contribution in [0.3, 0.4) is 0 Å². The molecule has 6 heteroatoms. The van der Waals surface area contributed by atoms with E-state index >= 15 is 0 Å². The van der Waals surface area contributed by atoms with Gasteiger partial charge in [-0.1, -0.05) is 11.6 Å². The molecule has 0 amide bonds. The molecule has 13 heavy (non-hydrogen) atoms. The molecule has 0 radical (unpaired) electrons. The summed E-state index contributed by atoms with van der Waals surface area (Å²) in [6.07, 6.45) is 1.31. The van der Waals surface area contributed by atoms with Gasteiger partial charge in [0.05, 0.1) is 11.7 Å². The predicted molar refractivity (Wildman–Crippen MR) is 45.4 cm³/mol. The van der Waals surface area contributed by atoms with Crippen LogP contribution in [0.25, 0.3) is 0 Å². The first-order valence-electron chi connectivity index (χ1n) is 3.59. The van der Waals surface area contributed by atoms with Crippen molar-refractivity contribution in [2.75, 3.05) is 0 Å². The lowest BCUT2D eigenvalue weighted by Gasteiger charge is -2.02. The molecular weight excluding hydrogens is 174 g/mol. The quantitative estimate of drug-likeness (QED) is 0.422. The molecular formula is C7H9N3O3. The van der Waals surface area contributed by atoms with Gasteiger partial charge in [-0.3, -0.25) is 0 Å². The Bertz CT molecular complexity index is 345. The molecule has 1 unspecified atom stereocenters. The fraction of sp³-hybridized carbons (Fsp3) is 0.286. The van der Waals surface area contributed by atoms with Crippen molar-refractivity contribution in [3.63, 3.8) is 0 Å². The molecule has 1 aromatic rings. The minimum Gasteiger partial charge on any atom is -0.512 e. The van der Waals surface area contributed by atoms with Gasteiger partial charge in [0.2, 0.25) is 0 Å². The smallest absolute Gasteiger partial charge is 0.432 e. The van der Waals surface area contributed by atoms with Gasteiger partial charge in [0, 0.05) is 0 Å². The number of H-pyrrole nitrogens is 1. The van der Waals surface area contributed by atoms with E-state index in [-0.39, 0.29) is 17.6 Å². The number of imidazole rings is 1. The number of nitrogens with one attached hydrogen (secondary N) is 1. The summed E-state index contributed by atoms with van der Waals surface area (Å²) < 4.78 is 0. The molecule has 1 rings (SSSR count). The van der Waals surface area contributed by atoms with E-state index in [1.165, 1.54) is 6.20 Å². The van der Waals surface area contributed by atoms with E-state index in [1.54, 1.807) is 6.92 Å². The van der Waals surface area contributed by atoms with Gasteiger partial charge in [0.1, 0.15) is 11.9 Å². The Hall–Kier alpha value is -1.85. The summed E-state index contributed by atoms with van der Waals surface area (Å²) in [4.78, 5) is 15.6. The Kier molecular flexibility index (Phi) is 2.32. The lowest BCUT2D eigenvalue weighted by Crippen LogP contribution is -1.97. The summed E-state index contributed by atoms with van der Waals surface area (Å²) in [5.74, 6) is -0.761. The van der Waals surface area contributed by atoms with Crippen LogP contribution in [0.2, 0.25) is 0 Å². The van der Waals surface area contributed by atoms with E-state index in [0.29, 0.717) is 5.69 Å². The second kappa shape index (κ2) is 3.26. The molecule has 0 aromatic carbocycles. The number of hydrogen-bond acceptors (Lipinski definition) is 4. The van der Waals surface area contributed by atoms with Crippen LogP contribution in [0, 0.1) is 10.1 Å². The van der Waals surface area contributed by atoms with Gasteiger partial charge in [0.25, 0.3) is 0 Å². The summed E-state index contributed by atoms with van der Waals surface area (Å²) in [5, 5.41) is 19.2. The summed E-state index contributed by atoms with van der Waals surface area (Å²) in [6, 6.07) is 0. The molecule has 70 valence electrons. The third-order valence-corrected chi connectivity index (χ3v) is 1.72. The van der Waals surface area contributed by atoms with E-state index in [0.717, 1.165) is 0 Å². The highest BCUT2D eigenvalue weighted by molar-refractivity contribution is 5.19. The monoisotopic (exact) mass is 183 g/mol. The number of aromatic nitrogens is 2. The van der Waals surface area contributed by atoms with Gasteiger partial charge in [-0.2, -0.15) is 0 Å². The standard InChI is InChI=1S/C7H9N3O3/c1-4(5(2)11)6-3-8-7(9-6)10(12)13/h3-4,11H,2H2,1H3,(H,8,9). The van der Waals surface area contributed by atoms with Crippen LogP contribution in [0.1, 0.15) is 18.5 Å². The van der Waals surface area contributed by atoms with Crippen LogP contribution < -0.4 is 0 Å². The molecule has 1 heterocycles. The number of allylic oxidation sites excluding steroid dienone is 1. The van der Waals surface area contributed by atoms with Gasteiger partial charge < -0.3 is 15.2 Å². The van der Waals surface area contributed by atoms with Crippen molar-refractivity contribution < 1.29 is 10.0 Å². The van der Waals surface area contributed by atoms with Crippen molar-refractivity contribution in [3.8, 4) is 0 Å². The molecule has 0 aliphatic heterocycles. The van der Waals surface area contributed by atoms with Gasteiger partial charge in [0.15, 0.2) is 0 Å². The molecule has 0 bridgehead atoms. The van der Waals surface area contributed by atoms with Gasteiger partial charge in [-0.15, -0.1) is 0 Å². The maximum Gasteiger partial charge on any atom is 0.432 e. The van der Waals surface area contributed by atoms with E-state index in [2.05, 4.69) is 16.5 Å². The van der Waals surface area contributed by atoms with E-state index < -0.39 is 4.92 Å². The average Bonchev–Trinajstić information content (AvgIpc) is 2.50. The Morgan fingerprint density at radius 3 is 2.92 bits per heavy atom. The summed E-state index contributed by atoms with van der Waals surface area (Å²) in [6.45, 7) is 4.99. The van der Waals surface area contributed by atoms with Crippen molar-refractivity contribution in [2.45, 2.75) is 12.8 Å². The fourth-order valence-corrected chi connectivity index (χ4v) is 0.817. The largest absolute Gasteiger partial charge is 0.512 e. The molecule has 6 nitrogen and oxygen atoms in total. The molecule has 0 aliphatic rings. The van der Waals surface area contributed by atoms with E-state index in [4.69, 9.17) is 5.11 Å². The average molecular weight is 183 g/mol. The maximum atomic E-state index is 10.2. The number of nitrogens with zero attached hydrogens (tertiary/aromatic N) is 2. The summed E-state index contributed by atoms with van der Waals surface area (Å²) in [7, 11) is 0. The minimum absolute atomic E-state index is 0.0569. The third kappa shape index (κ3) is 1.84. The second-order valence-electron chi connectivity index (χ2n) is 2.63. The number of nitro groups is 1. The third-order valence-electron chi connectivity index (χ3n) is 1.72. The van der Waals surface area contributed by atoms with Crippen molar-refractivity contribution in [2.24, 2.45) is 0 Å². The Balaban J connectivity index is 2.91. The molecule has 0 saturated heterocycles. The number of aliphatic hydroxyl groups is 1. The Morgan fingerprint density at radius 2 is 2.54 bits per heavy atom. The highest BCUT2D eigenvalue weighted by atomic mass is 16.6. The molecule has 0 aliphatic carbocycles. The lowest BCUT2D eigenvalue weighted by molar-refractivity contribution is -0.393. The molecule has 1 aromatic heterocycles.